The van der Waals surface area contributed by atoms with Crippen LogP contribution >= 0.6 is 0 Å². The maximum absolute atomic E-state index is 13.9. The van der Waals surface area contributed by atoms with Crippen LogP contribution < -0.4 is 5.73 Å². The predicted molar refractivity (Wildman–Crippen MR) is 102 cm³/mol. The first-order valence-electron chi connectivity index (χ1n) is 9.34. The standard InChI is InChI=1S/C19H26F2N4O2S/c1-24-11-19(23-12-24)28(26,27)25(2)16-6-3-13(4-7-16)18(22)10-14-9-15(20)5-8-17(14)21/h5,8-9,11-13,16,18H,3-4,6-7,10,22H2,1-2H3/t13?,16?,18-/m1/s1. The lowest BCUT2D eigenvalue weighted by Crippen LogP contribution is -2.43. The van der Waals surface area contributed by atoms with Gasteiger partial charge in [-0.2, -0.15) is 4.31 Å². The lowest BCUT2D eigenvalue weighted by molar-refractivity contribution is 0.214. The molecule has 0 aliphatic heterocycles. The Balaban J connectivity index is 1.60. The van der Waals surface area contributed by atoms with E-state index < -0.39 is 21.7 Å². The first-order valence-corrected chi connectivity index (χ1v) is 10.8. The fourth-order valence-electron chi connectivity index (χ4n) is 3.88. The van der Waals surface area contributed by atoms with Crippen LogP contribution in [0.3, 0.4) is 0 Å². The van der Waals surface area contributed by atoms with E-state index in [2.05, 4.69) is 4.98 Å². The zero-order valence-corrected chi connectivity index (χ0v) is 16.9. The Morgan fingerprint density at radius 2 is 1.96 bits per heavy atom. The molecule has 3 rings (SSSR count). The van der Waals surface area contributed by atoms with Crippen molar-refractivity contribution < 1.29 is 17.2 Å². The molecule has 2 aromatic rings. The summed E-state index contributed by atoms with van der Waals surface area (Å²) in [4.78, 5) is 3.96. The molecule has 0 spiro atoms. The summed E-state index contributed by atoms with van der Waals surface area (Å²) in [7, 11) is -0.333. The number of aromatic nitrogens is 2. The monoisotopic (exact) mass is 412 g/mol. The Kier molecular flexibility index (Phi) is 6.16. The molecule has 1 heterocycles. The number of nitrogens with two attached hydrogens (primary N) is 1. The fraction of sp³-hybridized carbons (Fsp3) is 0.526. The van der Waals surface area contributed by atoms with E-state index in [0.717, 1.165) is 25.0 Å². The van der Waals surface area contributed by atoms with Crippen LogP contribution in [0.5, 0.6) is 0 Å². The van der Waals surface area contributed by atoms with Gasteiger partial charge in [0.25, 0.3) is 10.0 Å². The van der Waals surface area contributed by atoms with Crippen molar-refractivity contribution in [1.82, 2.24) is 13.9 Å². The summed E-state index contributed by atoms with van der Waals surface area (Å²) in [6, 6.07) is 2.98. The van der Waals surface area contributed by atoms with Gasteiger partial charge in [0.15, 0.2) is 5.03 Å². The van der Waals surface area contributed by atoms with Gasteiger partial charge in [-0.3, -0.25) is 0 Å². The molecule has 0 radical (unpaired) electrons. The van der Waals surface area contributed by atoms with E-state index >= 15 is 0 Å². The van der Waals surface area contributed by atoms with Gasteiger partial charge in [-0.15, -0.1) is 0 Å². The largest absolute Gasteiger partial charge is 0.339 e. The predicted octanol–water partition coefficient (Wildman–Crippen LogP) is 2.45. The van der Waals surface area contributed by atoms with Crippen LogP contribution in [0.1, 0.15) is 31.2 Å². The molecule has 1 aromatic heterocycles. The Morgan fingerprint density at radius 3 is 2.57 bits per heavy atom. The molecular weight excluding hydrogens is 386 g/mol. The number of sulfonamides is 1. The summed E-state index contributed by atoms with van der Waals surface area (Å²) in [5.41, 5.74) is 6.55. The Bertz CT molecular complexity index is 924. The average Bonchev–Trinajstić information content (AvgIpc) is 3.11. The third-order valence-electron chi connectivity index (χ3n) is 5.65. The molecule has 9 heteroatoms. The first kappa shape index (κ1) is 20.9. The molecule has 1 saturated carbocycles. The van der Waals surface area contributed by atoms with Crippen molar-refractivity contribution in [1.29, 1.82) is 0 Å². The minimum absolute atomic E-state index is 0.0397. The highest BCUT2D eigenvalue weighted by atomic mass is 32.2. The normalized spacial score (nSPS) is 21.8. The average molecular weight is 413 g/mol. The summed E-state index contributed by atoms with van der Waals surface area (Å²) in [5, 5.41) is 0.0397. The van der Waals surface area contributed by atoms with Gasteiger partial charge in [-0.25, -0.2) is 22.2 Å². The third kappa shape index (κ3) is 4.42. The molecule has 154 valence electrons. The molecular formula is C19H26F2N4O2S. The highest BCUT2D eigenvalue weighted by Crippen LogP contribution is 2.32. The molecule has 0 bridgehead atoms. The Labute approximate surface area is 164 Å². The molecule has 1 fully saturated rings. The van der Waals surface area contributed by atoms with Crippen LogP contribution in [-0.2, 0) is 23.5 Å². The van der Waals surface area contributed by atoms with E-state index in [0.29, 0.717) is 12.8 Å². The number of aryl methyl sites for hydroxylation is 1. The van der Waals surface area contributed by atoms with Crippen LogP contribution in [0.2, 0.25) is 0 Å². The molecule has 1 aliphatic rings. The second-order valence-electron chi connectivity index (χ2n) is 7.57. The van der Waals surface area contributed by atoms with E-state index in [9.17, 15) is 17.2 Å². The highest BCUT2D eigenvalue weighted by molar-refractivity contribution is 7.89. The fourth-order valence-corrected chi connectivity index (χ4v) is 5.26. The van der Waals surface area contributed by atoms with Gasteiger partial charge >= 0.3 is 0 Å². The Hall–Kier alpha value is -1.84. The van der Waals surface area contributed by atoms with Crippen molar-refractivity contribution in [2.45, 2.75) is 49.2 Å². The molecule has 0 saturated heterocycles. The van der Waals surface area contributed by atoms with E-state index in [-0.39, 0.29) is 35.0 Å². The van der Waals surface area contributed by atoms with Crippen molar-refractivity contribution in [2.24, 2.45) is 18.7 Å². The number of benzene rings is 1. The molecule has 2 N–H and O–H groups in total. The smallest absolute Gasteiger partial charge is 0.262 e. The van der Waals surface area contributed by atoms with Gasteiger partial charge in [0, 0.05) is 32.4 Å². The SMILES string of the molecule is CN(C1CCC([C@H](N)Cc2cc(F)ccc2F)CC1)S(=O)(=O)c1cn(C)cn1. The van der Waals surface area contributed by atoms with Crippen LogP contribution in [0, 0.1) is 17.6 Å². The second kappa shape index (κ2) is 8.26. The third-order valence-corrected chi connectivity index (χ3v) is 7.44. The topological polar surface area (TPSA) is 81.2 Å². The van der Waals surface area contributed by atoms with E-state index in [1.165, 1.54) is 22.9 Å². The van der Waals surface area contributed by atoms with Gasteiger partial charge in [0.1, 0.15) is 11.6 Å². The molecule has 0 amide bonds. The van der Waals surface area contributed by atoms with Gasteiger partial charge < -0.3 is 10.3 Å². The summed E-state index contributed by atoms with van der Waals surface area (Å²) in [5.74, 6) is -0.787. The van der Waals surface area contributed by atoms with Crippen molar-refractivity contribution in [3.05, 3.63) is 47.9 Å². The lowest BCUT2D eigenvalue weighted by atomic mass is 9.80. The van der Waals surface area contributed by atoms with Crippen LogP contribution in [0.4, 0.5) is 8.78 Å². The molecule has 1 aromatic carbocycles. The molecule has 6 nitrogen and oxygen atoms in total. The number of hydrogen-bond acceptors (Lipinski definition) is 4. The van der Waals surface area contributed by atoms with E-state index in [1.807, 2.05) is 0 Å². The lowest BCUT2D eigenvalue weighted by Gasteiger charge is -2.36. The van der Waals surface area contributed by atoms with Crippen molar-refractivity contribution in [2.75, 3.05) is 7.05 Å². The molecule has 1 aliphatic carbocycles. The number of halogens is 2. The van der Waals surface area contributed by atoms with Crippen LogP contribution in [-0.4, -0.2) is 41.4 Å². The number of rotatable bonds is 6. The maximum Gasteiger partial charge on any atom is 0.262 e. The number of imidazole rings is 1. The minimum Gasteiger partial charge on any atom is -0.339 e. The van der Waals surface area contributed by atoms with Crippen LogP contribution in [0.15, 0.2) is 35.7 Å². The van der Waals surface area contributed by atoms with Crippen molar-refractivity contribution in [3.63, 3.8) is 0 Å². The zero-order valence-electron chi connectivity index (χ0n) is 16.1. The first-order chi connectivity index (χ1) is 13.2. The minimum atomic E-state index is -3.64. The maximum atomic E-state index is 13.9. The second-order valence-corrected chi connectivity index (χ2v) is 9.52. The van der Waals surface area contributed by atoms with Gasteiger partial charge in [-0.1, -0.05) is 0 Å². The summed E-state index contributed by atoms with van der Waals surface area (Å²) >= 11 is 0. The van der Waals surface area contributed by atoms with Crippen molar-refractivity contribution >= 4 is 10.0 Å². The number of hydrogen-bond donors (Lipinski definition) is 1. The summed E-state index contributed by atoms with van der Waals surface area (Å²) < 4.78 is 55.6. The number of nitrogens with zero attached hydrogens (tertiary/aromatic N) is 3. The van der Waals surface area contributed by atoms with E-state index in [1.54, 1.807) is 18.7 Å². The molecule has 1 atom stereocenters. The van der Waals surface area contributed by atoms with Gasteiger partial charge in [-0.05, 0) is 61.8 Å². The summed E-state index contributed by atoms with van der Waals surface area (Å²) in [6.45, 7) is 0. The van der Waals surface area contributed by atoms with Crippen LogP contribution in [0.25, 0.3) is 0 Å². The quantitative estimate of drug-likeness (QED) is 0.790. The summed E-state index contributed by atoms with van der Waals surface area (Å²) in [6.07, 6.45) is 6.04. The van der Waals surface area contributed by atoms with E-state index in [4.69, 9.17) is 5.73 Å². The van der Waals surface area contributed by atoms with Gasteiger partial charge in [0.05, 0.1) is 6.33 Å². The van der Waals surface area contributed by atoms with Gasteiger partial charge in [0.2, 0.25) is 0 Å². The zero-order chi connectivity index (χ0) is 20.5. The molecule has 0 unspecified atom stereocenters. The molecule has 28 heavy (non-hydrogen) atoms. The van der Waals surface area contributed by atoms with Crippen molar-refractivity contribution in [3.8, 4) is 0 Å². The Morgan fingerprint density at radius 1 is 1.29 bits per heavy atom. The highest BCUT2D eigenvalue weighted by Gasteiger charge is 2.34.